The number of rotatable bonds is 13. The van der Waals surface area contributed by atoms with Gasteiger partial charge < -0.3 is 26.2 Å². The summed E-state index contributed by atoms with van der Waals surface area (Å²) in [5.41, 5.74) is 2.88. The molecule has 0 saturated carbocycles. The van der Waals surface area contributed by atoms with Gasteiger partial charge in [-0.15, -0.1) is 0 Å². The van der Waals surface area contributed by atoms with Crippen LogP contribution in [0.4, 0.5) is 29.3 Å². The van der Waals surface area contributed by atoms with Crippen molar-refractivity contribution in [1.29, 1.82) is 0 Å². The van der Waals surface area contributed by atoms with Crippen LogP contribution in [0.15, 0.2) is 78.0 Å². The number of pyridine rings is 1. The number of anilines is 2. The molecule has 1 fully saturated rings. The number of hydrogen-bond acceptors (Lipinski definition) is 7. The normalized spacial score (nSPS) is 16.8. The SMILES string of the molecule is CCCCCCNC(=O)Nc1ccc(S(=O)(=O)Nc2ccc(C[C@@H]3CC[C@H]([C@H](O)c4cccnc4)N3)cc2)cc1.O=C(O)C(F)(F)F. The first kappa shape index (κ1) is 37.2. The molecule has 11 nitrogen and oxygen atoms in total. The Hall–Kier alpha value is -4.21. The Morgan fingerprint density at radius 1 is 1.00 bits per heavy atom. The van der Waals surface area contributed by atoms with E-state index in [4.69, 9.17) is 9.90 Å². The quantitative estimate of drug-likeness (QED) is 0.127. The van der Waals surface area contributed by atoms with Gasteiger partial charge in [-0.3, -0.25) is 9.71 Å². The van der Waals surface area contributed by atoms with Crippen molar-refractivity contribution in [2.45, 2.75) is 81.1 Å². The fourth-order valence-corrected chi connectivity index (χ4v) is 5.96. The Labute approximate surface area is 272 Å². The van der Waals surface area contributed by atoms with E-state index >= 15 is 0 Å². The molecular weight excluding hydrogens is 639 g/mol. The van der Waals surface area contributed by atoms with Gasteiger partial charge in [0.1, 0.15) is 0 Å². The van der Waals surface area contributed by atoms with E-state index in [1.54, 1.807) is 36.7 Å². The van der Waals surface area contributed by atoms with E-state index in [1.165, 1.54) is 12.1 Å². The Kier molecular flexibility index (Phi) is 14.0. The Morgan fingerprint density at radius 3 is 2.26 bits per heavy atom. The lowest BCUT2D eigenvalue weighted by Gasteiger charge is -2.20. The van der Waals surface area contributed by atoms with Crippen molar-refractivity contribution in [3.8, 4) is 0 Å². The minimum Gasteiger partial charge on any atom is -0.475 e. The predicted octanol–water partition coefficient (Wildman–Crippen LogP) is 5.61. The topological polar surface area (TPSA) is 170 Å². The van der Waals surface area contributed by atoms with Crippen LogP contribution in [0, 0.1) is 0 Å². The first-order chi connectivity index (χ1) is 22.3. The molecule has 3 aromatic rings. The van der Waals surface area contributed by atoms with Crippen molar-refractivity contribution in [2.24, 2.45) is 0 Å². The van der Waals surface area contributed by atoms with E-state index < -0.39 is 28.3 Å². The Balaban J connectivity index is 0.000000771. The van der Waals surface area contributed by atoms with Crippen LogP contribution in [-0.4, -0.2) is 60.4 Å². The van der Waals surface area contributed by atoms with Gasteiger partial charge in [-0.25, -0.2) is 18.0 Å². The summed E-state index contributed by atoms with van der Waals surface area (Å²) in [5.74, 6) is -2.76. The van der Waals surface area contributed by atoms with Crippen molar-refractivity contribution < 1.29 is 41.4 Å². The molecule has 0 aliphatic carbocycles. The summed E-state index contributed by atoms with van der Waals surface area (Å²) in [5, 5.41) is 26.9. The number of hydrogen-bond donors (Lipinski definition) is 6. The van der Waals surface area contributed by atoms with Gasteiger partial charge in [-0.05, 0) is 73.7 Å². The highest BCUT2D eigenvalue weighted by Crippen LogP contribution is 2.27. The monoisotopic (exact) mass is 679 g/mol. The first-order valence-electron chi connectivity index (χ1n) is 15.2. The number of halogens is 3. The molecule has 15 heteroatoms. The van der Waals surface area contributed by atoms with Gasteiger partial charge in [-0.2, -0.15) is 13.2 Å². The summed E-state index contributed by atoms with van der Waals surface area (Å²) in [6.45, 7) is 2.74. The molecule has 2 amide bonds. The van der Waals surface area contributed by atoms with Crippen LogP contribution in [0.5, 0.6) is 0 Å². The maximum Gasteiger partial charge on any atom is 0.490 e. The number of carbonyl (C=O) groups is 2. The van der Waals surface area contributed by atoms with Crippen LogP contribution in [-0.2, 0) is 21.2 Å². The van der Waals surface area contributed by atoms with Gasteiger partial charge in [0.2, 0.25) is 0 Å². The molecule has 1 aliphatic heterocycles. The second-order valence-corrected chi connectivity index (χ2v) is 12.7. The van der Waals surface area contributed by atoms with Crippen molar-refractivity contribution in [3.05, 3.63) is 84.2 Å². The maximum absolute atomic E-state index is 12.9. The zero-order chi connectivity index (χ0) is 34.5. The smallest absolute Gasteiger partial charge is 0.475 e. The van der Waals surface area contributed by atoms with Crippen molar-refractivity contribution >= 4 is 33.4 Å². The van der Waals surface area contributed by atoms with Gasteiger partial charge in [0.05, 0.1) is 11.0 Å². The van der Waals surface area contributed by atoms with Crippen molar-refractivity contribution in [1.82, 2.24) is 15.6 Å². The molecule has 0 bridgehead atoms. The number of aliphatic hydroxyl groups excluding tert-OH is 1. The molecule has 6 N–H and O–H groups in total. The molecule has 47 heavy (non-hydrogen) atoms. The molecule has 0 unspecified atom stereocenters. The third-order valence-electron chi connectivity index (χ3n) is 7.35. The molecule has 1 aromatic heterocycles. The third kappa shape index (κ3) is 12.5. The molecular formula is C32H40F3N5O6S. The number of carboxylic acids is 1. The lowest BCUT2D eigenvalue weighted by molar-refractivity contribution is -0.192. The van der Waals surface area contributed by atoms with Gasteiger partial charge in [-0.1, -0.05) is 44.4 Å². The fourth-order valence-electron chi connectivity index (χ4n) is 4.90. The molecule has 1 saturated heterocycles. The minimum atomic E-state index is -5.08. The average Bonchev–Trinajstić information content (AvgIpc) is 3.50. The van der Waals surface area contributed by atoms with Gasteiger partial charge >= 0.3 is 18.2 Å². The number of nitrogens with zero attached hydrogens (tertiary/aromatic N) is 1. The number of alkyl halides is 3. The maximum atomic E-state index is 12.9. The number of unbranched alkanes of at least 4 members (excludes halogenated alkanes) is 3. The van der Waals surface area contributed by atoms with Crippen molar-refractivity contribution in [2.75, 3.05) is 16.6 Å². The van der Waals surface area contributed by atoms with E-state index in [2.05, 4.69) is 32.6 Å². The summed E-state index contributed by atoms with van der Waals surface area (Å²) >= 11 is 0. The number of aromatic nitrogens is 1. The average molecular weight is 680 g/mol. The Morgan fingerprint density at radius 2 is 1.66 bits per heavy atom. The largest absolute Gasteiger partial charge is 0.490 e. The van der Waals surface area contributed by atoms with Crippen LogP contribution in [0.25, 0.3) is 0 Å². The number of urea groups is 1. The highest BCUT2D eigenvalue weighted by molar-refractivity contribution is 7.92. The molecule has 0 radical (unpaired) electrons. The van der Waals surface area contributed by atoms with Crippen LogP contribution in [0.2, 0.25) is 0 Å². The standard InChI is InChI=1S/C30H39N5O4S.C2HF3O2/c1-2-3-4-5-19-32-30(37)34-24-12-15-27(16-13-24)40(38,39)35-25-10-8-22(9-11-25)20-26-14-17-28(33-26)29(36)23-7-6-18-31-21-23;3-2(4,5)1(6)7/h6-13,15-16,18,21,26,28-29,33,35-36H,2-5,14,17,19-20H2,1H3,(H2,32,34,37);(H,6,7)/t26-,28+,29+;/m0./s1. The highest BCUT2D eigenvalue weighted by Gasteiger charge is 2.38. The predicted molar refractivity (Wildman–Crippen MR) is 171 cm³/mol. The second-order valence-electron chi connectivity index (χ2n) is 11.1. The summed E-state index contributed by atoms with van der Waals surface area (Å²) in [4.78, 5) is 25.1. The van der Waals surface area contributed by atoms with Crippen molar-refractivity contribution in [3.63, 3.8) is 0 Å². The van der Waals surface area contributed by atoms with E-state index in [0.29, 0.717) is 17.9 Å². The van der Waals surface area contributed by atoms with E-state index in [-0.39, 0.29) is 23.0 Å². The lowest BCUT2D eigenvalue weighted by Crippen LogP contribution is -2.35. The number of sulfonamides is 1. The number of benzene rings is 2. The number of aliphatic carboxylic acids is 1. The molecule has 4 rings (SSSR count). The number of carbonyl (C=O) groups excluding carboxylic acids is 1. The van der Waals surface area contributed by atoms with Crippen LogP contribution in [0.3, 0.4) is 0 Å². The molecule has 1 aliphatic rings. The summed E-state index contributed by atoms with van der Waals surface area (Å²) in [6, 6.07) is 17.0. The first-order valence-corrected chi connectivity index (χ1v) is 16.7. The second kappa shape index (κ2) is 17.6. The fraction of sp³-hybridized carbons (Fsp3) is 0.406. The van der Waals surface area contributed by atoms with Crippen LogP contribution in [0.1, 0.15) is 62.7 Å². The number of amides is 2. The van der Waals surface area contributed by atoms with E-state index in [1.807, 2.05) is 24.3 Å². The van der Waals surface area contributed by atoms with Crippen LogP contribution >= 0.6 is 0 Å². The summed E-state index contributed by atoms with van der Waals surface area (Å²) < 4.78 is 60.1. The molecule has 2 aromatic carbocycles. The number of aliphatic hydroxyl groups is 1. The van der Waals surface area contributed by atoms with Gasteiger partial charge in [0, 0.05) is 48.0 Å². The number of nitrogens with one attached hydrogen (secondary N) is 4. The van der Waals surface area contributed by atoms with E-state index in [0.717, 1.165) is 56.1 Å². The molecule has 3 atom stereocenters. The summed E-state index contributed by atoms with van der Waals surface area (Å²) in [7, 11) is -3.78. The highest BCUT2D eigenvalue weighted by atomic mass is 32.2. The van der Waals surface area contributed by atoms with Crippen LogP contribution < -0.4 is 20.7 Å². The van der Waals surface area contributed by atoms with E-state index in [9.17, 15) is 31.5 Å². The number of carboxylic acid groups (broad SMARTS) is 1. The Bertz CT molecular complexity index is 1530. The zero-order valence-electron chi connectivity index (χ0n) is 25.8. The molecule has 2 heterocycles. The molecule has 0 spiro atoms. The summed E-state index contributed by atoms with van der Waals surface area (Å²) in [6.07, 6.45) is 4.60. The third-order valence-corrected chi connectivity index (χ3v) is 8.75. The minimum absolute atomic E-state index is 0.0215. The van der Waals surface area contributed by atoms with Gasteiger partial charge in [0.25, 0.3) is 10.0 Å². The van der Waals surface area contributed by atoms with Gasteiger partial charge in [0.15, 0.2) is 0 Å². The molecule has 256 valence electrons. The lowest BCUT2D eigenvalue weighted by atomic mass is 10.0. The zero-order valence-corrected chi connectivity index (χ0v) is 26.7.